The van der Waals surface area contributed by atoms with E-state index in [2.05, 4.69) is 0 Å². The highest BCUT2D eigenvalue weighted by Crippen LogP contribution is 2.38. The average Bonchev–Trinajstić information content (AvgIpc) is 2.18. The van der Waals surface area contributed by atoms with Crippen LogP contribution in [0.3, 0.4) is 0 Å². The molecule has 1 aromatic carbocycles. The van der Waals surface area contributed by atoms with Crippen molar-refractivity contribution in [1.29, 1.82) is 0 Å². The fourth-order valence-corrected chi connectivity index (χ4v) is 1.33. The molecule has 0 spiro atoms. The summed E-state index contributed by atoms with van der Waals surface area (Å²) in [5.74, 6) is -0.494. The van der Waals surface area contributed by atoms with Gasteiger partial charge in [-0.2, -0.15) is 0 Å². The number of ether oxygens (including phenoxy) is 2. The molecule has 2 rings (SSSR count). The van der Waals surface area contributed by atoms with Gasteiger partial charge in [0, 0.05) is 0 Å². The minimum atomic E-state index is -1.05. The molecule has 5 nitrogen and oxygen atoms in total. The van der Waals surface area contributed by atoms with Crippen LogP contribution in [0, 0.1) is 0 Å². The first-order valence-corrected chi connectivity index (χ1v) is 4.11. The number of fused-ring (bicyclic) bond motifs is 1. The van der Waals surface area contributed by atoms with Gasteiger partial charge in [0.2, 0.25) is 0 Å². The number of anilines is 1. The van der Waals surface area contributed by atoms with E-state index in [4.69, 9.17) is 20.3 Å². The Morgan fingerprint density at radius 1 is 1.27 bits per heavy atom. The third-order valence-electron chi connectivity index (χ3n) is 1.95. The number of hydrogen-bond acceptors (Lipinski definition) is 4. The van der Waals surface area contributed by atoms with Crippen LogP contribution >= 0.6 is 12.4 Å². The third-order valence-corrected chi connectivity index (χ3v) is 1.95. The van der Waals surface area contributed by atoms with E-state index in [1.54, 1.807) is 0 Å². The second kappa shape index (κ2) is 4.27. The van der Waals surface area contributed by atoms with Gasteiger partial charge in [-0.15, -0.1) is 12.4 Å². The number of hydrogen-bond donors (Lipinski definition) is 2. The molecule has 0 atom stereocenters. The molecule has 1 aromatic rings. The lowest BCUT2D eigenvalue weighted by Gasteiger charge is -2.20. The molecule has 1 aliphatic rings. The van der Waals surface area contributed by atoms with Gasteiger partial charge in [-0.25, -0.2) is 4.79 Å². The summed E-state index contributed by atoms with van der Waals surface area (Å²) < 4.78 is 10.4. The summed E-state index contributed by atoms with van der Waals surface area (Å²) in [5.41, 5.74) is 6.08. The zero-order chi connectivity index (χ0) is 10.1. The van der Waals surface area contributed by atoms with E-state index in [0.29, 0.717) is 24.7 Å². The molecule has 0 radical (unpaired) electrons. The lowest BCUT2D eigenvalue weighted by Crippen LogP contribution is -2.18. The molecule has 0 amide bonds. The van der Waals surface area contributed by atoms with Gasteiger partial charge in [0.25, 0.3) is 0 Å². The maximum Gasteiger partial charge on any atom is 0.339 e. The number of carboxylic acids is 1. The number of halogens is 1. The molecular formula is C9H10ClNO4. The van der Waals surface area contributed by atoms with Crippen LogP contribution in [0.25, 0.3) is 0 Å². The van der Waals surface area contributed by atoms with Crippen molar-refractivity contribution in [2.45, 2.75) is 0 Å². The van der Waals surface area contributed by atoms with Crippen LogP contribution in [0.1, 0.15) is 10.4 Å². The Morgan fingerprint density at radius 3 is 2.47 bits per heavy atom. The first-order chi connectivity index (χ1) is 6.70. The van der Waals surface area contributed by atoms with Gasteiger partial charge in [0.05, 0.1) is 5.69 Å². The predicted octanol–water partition coefficient (Wildman–Crippen LogP) is 1.16. The smallest absolute Gasteiger partial charge is 0.339 e. The Kier molecular flexibility index (Phi) is 3.26. The van der Waals surface area contributed by atoms with E-state index in [1.165, 1.54) is 12.1 Å². The Hall–Kier alpha value is -1.62. The van der Waals surface area contributed by atoms with Crippen LogP contribution in [0.5, 0.6) is 11.5 Å². The van der Waals surface area contributed by atoms with Gasteiger partial charge in [-0.05, 0) is 12.1 Å². The summed E-state index contributed by atoms with van der Waals surface area (Å²) in [5, 5.41) is 8.86. The van der Waals surface area contributed by atoms with Crippen molar-refractivity contribution in [3.8, 4) is 11.5 Å². The number of benzene rings is 1. The molecule has 82 valence electrons. The van der Waals surface area contributed by atoms with E-state index in [9.17, 15) is 4.79 Å². The SMILES string of the molecule is Cl.Nc1ccc(C(=O)O)c2c1OCCO2. The summed E-state index contributed by atoms with van der Waals surface area (Å²) in [6, 6.07) is 2.90. The standard InChI is InChI=1S/C9H9NO4.ClH/c10-6-2-1-5(9(11)12)7-8(6)14-4-3-13-7;/h1-2H,3-4,10H2,(H,11,12);1H. The maximum absolute atomic E-state index is 10.8. The third kappa shape index (κ3) is 1.92. The van der Waals surface area contributed by atoms with E-state index < -0.39 is 5.97 Å². The molecule has 6 heteroatoms. The van der Waals surface area contributed by atoms with Crippen molar-refractivity contribution < 1.29 is 19.4 Å². The molecule has 15 heavy (non-hydrogen) atoms. The van der Waals surface area contributed by atoms with Gasteiger partial charge < -0.3 is 20.3 Å². The largest absolute Gasteiger partial charge is 0.485 e. The summed E-state index contributed by atoms with van der Waals surface area (Å²) in [6.45, 7) is 0.733. The van der Waals surface area contributed by atoms with Gasteiger partial charge in [-0.3, -0.25) is 0 Å². The zero-order valence-electron chi connectivity index (χ0n) is 7.73. The fourth-order valence-electron chi connectivity index (χ4n) is 1.33. The molecule has 0 aliphatic carbocycles. The van der Waals surface area contributed by atoms with Crippen LogP contribution in [0.15, 0.2) is 12.1 Å². The summed E-state index contributed by atoms with van der Waals surface area (Å²) >= 11 is 0. The van der Waals surface area contributed by atoms with Crippen LogP contribution in [0.4, 0.5) is 5.69 Å². The minimum Gasteiger partial charge on any atom is -0.485 e. The molecular weight excluding hydrogens is 222 g/mol. The van der Waals surface area contributed by atoms with Crippen molar-refractivity contribution in [3.63, 3.8) is 0 Å². The van der Waals surface area contributed by atoms with E-state index in [-0.39, 0.29) is 23.7 Å². The molecule has 0 bridgehead atoms. The normalized spacial score (nSPS) is 12.8. The van der Waals surface area contributed by atoms with Crippen LogP contribution < -0.4 is 15.2 Å². The number of nitrogens with two attached hydrogens (primary N) is 1. The number of rotatable bonds is 1. The van der Waals surface area contributed by atoms with Gasteiger partial charge in [0.1, 0.15) is 18.8 Å². The quantitative estimate of drug-likeness (QED) is 0.709. The van der Waals surface area contributed by atoms with E-state index in [1.807, 2.05) is 0 Å². The first kappa shape index (κ1) is 11.5. The second-order valence-corrected chi connectivity index (χ2v) is 2.86. The Labute approximate surface area is 92.2 Å². The first-order valence-electron chi connectivity index (χ1n) is 4.11. The lowest BCUT2D eigenvalue weighted by molar-refractivity contribution is 0.0686. The number of carboxylic acid groups (broad SMARTS) is 1. The molecule has 0 aromatic heterocycles. The molecule has 1 heterocycles. The average molecular weight is 232 g/mol. The Morgan fingerprint density at radius 2 is 1.87 bits per heavy atom. The van der Waals surface area contributed by atoms with E-state index in [0.717, 1.165) is 0 Å². The van der Waals surface area contributed by atoms with Crippen molar-refractivity contribution >= 4 is 24.1 Å². The van der Waals surface area contributed by atoms with Crippen molar-refractivity contribution in [2.75, 3.05) is 18.9 Å². The number of aromatic carboxylic acids is 1. The number of nitrogen functional groups attached to an aromatic ring is 1. The molecule has 0 unspecified atom stereocenters. The number of carbonyl (C=O) groups is 1. The van der Waals surface area contributed by atoms with Gasteiger partial charge in [0.15, 0.2) is 11.5 Å². The lowest BCUT2D eigenvalue weighted by atomic mass is 10.1. The van der Waals surface area contributed by atoms with Crippen LogP contribution in [0.2, 0.25) is 0 Å². The highest BCUT2D eigenvalue weighted by molar-refractivity contribution is 5.93. The molecule has 0 saturated carbocycles. The molecule has 1 aliphatic heterocycles. The van der Waals surface area contributed by atoms with Crippen LogP contribution in [-0.4, -0.2) is 24.3 Å². The highest BCUT2D eigenvalue weighted by Gasteiger charge is 2.22. The van der Waals surface area contributed by atoms with Gasteiger partial charge in [-0.1, -0.05) is 0 Å². The predicted molar refractivity (Wildman–Crippen MR) is 56.1 cm³/mol. The van der Waals surface area contributed by atoms with Crippen molar-refractivity contribution in [2.24, 2.45) is 0 Å². The maximum atomic E-state index is 10.8. The van der Waals surface area contributed by atoms with Crippen LogP contribution in [-0.2, 0) is 0 Å². The Balaban J connectivity index is 0.00000112. The van der Waals surface area contributed by atoms with Gasteiger partial charge >= 0.3 is 5.97 Å². The Bertz CT molecular complexity index is 394. The second-order valence-electron chi connectivity index (χ2n) is 2.86. The van der Waals surface area contributed by atoms with Crippen molar-refractivity contribution in [1.82, 2.24) is 0 Å². The molecule has 0 fully saturated rings. The summed E-state index contributed by atoms with van der Waals surface area (Å²) in [4.78, 5) is 10.8. The van der Waals surface area contributed by atoms with Crippen molar-refractivity contribution in [3.05, 3.63) is 17.7 Å². The topological polar surface area (TPSA) is 81.8 Å². The zero-order valence-corrected chi connectivity index (χ0v) is 8.54. The summed E-state index contributed by atoms with van der Waals surface area (Å²) in [7, 11) is 0. The van der Waals surface area contributed by atoms with E-state index >= 15 is 0 Å². The minimum absolute atomic E-state index is 0. The summed E-state index contributed by atoms with van der Waals surface area (Å²) in [6.07, 6.45) is 0. The fraction of sp³-hybridized carbons (Fsp3) is 0.222. The highest BCUT2D eigenvalue weighted by atomic mass is 35.5. The monoisotopic (exact) mass is 231 g/mol. The molecule has 0 saturated heterocycles. The molecule has 3 N–H and O–H groups in total.